The average Bonchev–Trinajstić information content (AvgIpc) is 3.24. The van der Waals surface area contributed by atoms with Crippen molar-refractivity contribution in [1.82, 2.24) is 15.5 Å². The zero-order valence-corrected chi connectivity index (χ0v) is 15.4. The zero-order valence-electron chi connectivity index (χ0n) is 15.4. The van der Waals surface area contributed by atoms with E-state index in [9.17, 15) is 24.5 Å². The third-order valence-corrected chi connectivity index (χ3v) is 4.13. The number of nitrogens with one attached hydrogen (secondary N) is 2. The summed E-state index contributed by atoms with van der Waals surface area (Å²) in [5.41, 5.74) is 0.535. The summed E-state index contributed by atoms with van der Waals surface area (Å²) >= 11 is 0. The number of rotatable bonds is 8. The van der Waals surface area contributed by atoms with Gasteiger partial charge in [0.05, 0.1) is 30.3 Å². The van der Waals surface area contributed by atoms with Gasteiger partial charge in [0.1, 0.15) is 0 Å². The third kappa shape index (κ3) is 5.40. The molecule has 2 N–H and O–H groups in total. The second-order valence-electron chi connectivity index (χ2n) is 5.97. The number of likely N-dealkylation sites (N-methyl/N-ethyl adjacent to an activating group) is 1. The number of furan rings is 1. The molecule has 2 aromatic rings. The lowest BCUT2D eigenvalue weighted by molar-refractivity contribution is -0.384. The minimum atomic E-state index is -0.539. The highest BCUT2D eigenvalue weighted by atomic mass is 16.6. The molecule has 3 amide bonds. The molecule has 1 atom stereocenters. The number of carbonyl (C=O) groups excluding carboxylic acids is 3. The van der Waals surface area contributed by atoms with E-state index in [1.165, 1.54) is 36.4 Å². The Hall–Kier alpha value is -3.69. The Bertz CT molecular complexity index is 865. The maximum atomic E-state index is 12.3. The first-order valence-electron chi connectivity index (χ1n) is 8.38. The predicted molar refractivity (Wildman–Crippen MR) is 98.3 cm³/mol. The topological polar surface area (TPSA) is 135 Å². The Morgan fingerprint density at radius 2 is 1.93 bits per heavy atom. The SMILES string of the molecule is C[C@H](c1cccc([N+](=O)[O-])c1)N(C)C(=O)CNC(=O)CNC(=O)c1ccco1. The summed E-state index contributed by atoms with van der Waals surface area (Å²) in [7, 11) is 1.54. The van der Waals surface area contributed by atoms with Crippen molar-refractivity contribution in [2.75, 3.05) is 20.1 Å². The van der Waals surface area contributed by atoms with E-state index in [4.69, 9.17) is 4.42 Å². The molecule has 0 aliphatic carbocycles. The van der Waals surface area contributed by atoms with Crippen molar-refractivity contribution >= 4 is 23.4 Å². The van der Waals surface area contributed by atoms with Crippen LogP contribution in [0.5, 0.6) is 0 Å². The van der Waals surface area contributed by atoms with Crippen LogP contribution in [0.15, 0.2) is 47.1 Å². The van der Waals surface area contributed by atoms with E-state index in [1.807, 2.05) is 0 Å². The van der Waals surface area contributed by atoms with E-state index in [0.717, 1.165) is 0 Å². The number of nitro groups is 1. The van der Waals surface area contributed by atoms with E-state index in [1.54, 1.807) is 25.1 Å². The van der Waals surface area contributed by atoms with Crippen LogP contribution >= 0.6 is 0 Å². The number of carbonyl (C=O) groups is 3. The molecule has 0 saturated carbocycles. The first kappa shape index (κ1) is 20.6. The van der Waals surface area contributed by atoms with Crippen LogP contribution < -0.4 is 10.6 Å². The van der Waals surface area contributed by atoms with E-state index in [2.05, 4.69) is 10.6 Å². The largest absolute Gasteiger partial charge is 0.459 e. The summed E-state index contributed by atoms with van der Waals surface area (Å²) in [6.07, 6.45) is 1.34. The molecule has 1 aromatic heterocycles. The third-order valence-electron chi connectivity index (χ3n) is 4.13. The zero-order chi connectivity index (χ0) is 20.7. The Kier molecular flexibility index (Phi) is 6.85. The van der Waals surface area contributed by atoms with E-state index in [-0.39, 0.29) is 30.4 Å². The Balaban J connectivity index is 1.82. The summed E-state index contributed by atoms with van der Waals surface area (Å²) in [6.45, 7) is 1.14. The summed E-state index contributed by atoms with van der Waals surface area (Å²) in [5, 5.41) is 15.7. The lowest BCUT2D eigenvalue weighted by Gasteiger charge is -2.25. The predicted octanol–water partition coefficient (Wildman–Crippen LogP) is 1.25. The van der Waals surface area contributed by atoms with E-state index in [0.29, 0.717) is 5.56 Å². The summed E-state index contributed by atoms with van der Waals surface area (Å²) in [5.74, 6) is -1.38. The van der Waals surface area contributed by atoms with Gasteiger partial charge in [-0.05, 0) is 24.6 Å². The molecule has 10 nitrogen and oxygen atoms in total. The molecule has 28 heavy (non-hydrogen) atoms. The first-order chi connectivity index (χ1) is 13.3. The lowest BCUT2D eigenvalue weighted by atomic mass is 10.1. The highest BCUT2D eigenvalue weighted by Gasteiger charge is 2.20. The molecule has 0 spiro atoms. The van der Waals surface area contributed by atoms with Gasteiger partial charge >= 0.3 is 0 Å². The van der Waals surface area contributed by atoms with Crippen LogP contribution in [0, 0.1) is 10.1 Å². The van der Waals surface area contributed by atoms with Gasteiger partial charge in [-0.15, -0.1) is 0 Å². The fraction of sp³-hybridized carbons (Fsp3) is 0.278. The Labute approximate surface area is 160 Å². The van der Waals surface area contributed by atoms with Gasteiger partial charge < -0.3 is 20.0 Å². The summed E-state index contributed by atoms with van der Waals surface area (Å²) in [4.78, 5) is 47.5. The second-order valence-corrected chi connectivity index (χ2v) is 5.97. The van der Waals surface area contributed by atoms with Crippen LogP contribution in [0.3, 0.4) is 0 Å². The van der Waals surface area contributed by atoms with Crippen LogP contribution in [0.2, 0.25) is 0 Å². The van der Waals surface area contributed by atoms with Crippen LogP contribution in [-0.4, -0.2) is 47.7 Å². The molecule has 0 saturated heterocycles. The number of nitrogens with zero attached hydrogens (tertiary/aromatic N) is 2. The van der Waals surface area contributed by atoms with Crippen LogP contribution in [0.4, 0.5) is 5.69 Å². The summed E-state index contributed by atoms with van der Waals surface area (Å²) < 4.78 is 4.90. The number of benzene rings is 1. The molecule has 148 valence electrons. The van der Waals surface area contributed by atoms with E-state index >= 15 is 0 Å². The highest BCUT2D eigenvalue weighted by molar-refractivity contribution is 5.94. The minimum Gasteiger partial charge on any atom is -0.459 e. The maximum Gasteiger partial charge on any atom is 0.287 e. The molecule has 0 aliphatic heterocycles. The van der Waals surface area contributed by atoms with Crippen molar-refractivity contribution in [3.05, 3.63) is 64.1 Å². The molecule has 0 unspecified atom stereocenters. The van der Waals surface area contributed by atoms with Gasteiger partial charge in [0, 0.05) is 19.2 Å². The number of nitro benzene ring substituents is 1. The van der Waals surface area contributed by atoms with Crippen molar-refractivity contribution in [1.29, 1.82) is 0 Å². The average molecular weight is 388 g/mol. The van der Waals surface area contributed by atoms with Crippen molar-refractivity contribution in [3.8, 4) is 0 Å². The van der Waals surface area contributed by atoms with Gasteiger partial charge in [-0.1, -0.05) is 12.1 Å². The Morgan fingerprint density at radius 3 is 2.57 bits per heavy atom. The van der Waals surface area contributed by atoms with Crippen molar-refractivity contribution in [3.63, 3.8) is 0 Å². The van der Waals surface area contributed by atoms with Crippen LogP contribution in [0.25, 0.3) is 0 Å². The van der Waals surface area contributed by atoms with Gasteiger partial charge in [-0.2, -0.15) is 0 Å². The standard InChI is InChI=1S/C18H20N4O6/c1-12(13-5-3-6-14(9-13)22(26)27)21(2)17(24)11-19-16(23)10-20-18(25)15-7-4-8-28-15/h3-9,12H,10-11H2,1-2H3,(H,19,23)(H,20,25)/t12-/m1/s1. The second kappa shape index (κ2) is 9.31. The van der Waals surface area contributed by atoms with Crippen molar-refractivity contribution in [2.24, 2.45) is 0 Å². The summed E-state index contributed by atoms with van der Waals surface area (Å²) in [6, 6.07) is 8.58. The van der Waals surface area contributed by atoms with Gasteiger partial charge in [0.2, 0.25) is 11.8 Å². The van der Waals surface area contributed by atoms with Gasteiger partial charge in [-0.25, -0.2) is 0 Å². The molecule has 10 heteroatoms. The highest BCUT2D eigenvalue weighted by Crippen LogP contribution is 2.22. The quantitative estimate of drug-likeness (QED) is 0.516. The maximum absolute atomic E-state index is 12.3. The molecule has 2 rings (SSSR count). The Morgan fingerprint density at radius 1 is 1.18 bits per heavy atom. The minimum absolute atomic E-state index is 0.0641. The fourth-order valence-corrected chi connectivity index (χ4v) is 2.35. The number of hydrogen-bond donors (Lipinski definition) is 2. The van der Waals surface area contributed by atoms with Gasteiger partial charge in [-0.3, -0.25) is 24.5 Å². The van der Waals surface area contributed by atoms with Gasteiger partial charge in [0.25, 0.3) is 11.6 Å². The van der Waals surface area contributed by atoms with Crippen molar-refractivity contribution < 1.29 is 23.7 Å². The molecule has 0 aliphatic rings. The number of non-ortho nitro benzene ring substituents is 1. The van der Waals surface area contributed by atoms with Gasteiger partial charge in [0.15, 0.2) is 5.76 Å². The molecule has 1 heterocycles. The molecule has 0 bridgehead atoms. The monoisotopic (exact) mass is 388 g/mol. The molecular formula is C18H20N4O6. The smallest absolute Gasteiger partial charge is 0.287 e. The van der Waals surface area contributed by atoms with Crippen LogP contribution in [0.1, 0.15) is 29.1 Å². The van der Waals surface area contributed by atoms with E-state index < -0.39 is 22.8 Å². The van der Waals surface area contributed by atoms with Crippen LogP contribution in [-0.2, 0) is 9.59 Å². The molecule has 0 fully saturated rings. The normalized spacial score (nSPS) is 11.4. The number of amides is 3. The molecular weight excluding hydrogens is 368 g/mol. The van der Waals surface area contributed by atoms with Crippen molar-refractivity contribution in [2.45, 2.75) is 13.0 Å². The lowest BCUT2D eigenvalue weighted by Crippen LogP contribution is -2.43. The fourth-order valence-electron chi connectivity index (χ4n) is 2.35. The first-order valence-corrected chi connectivity index (χ1v) is 8.38. The molecule has 0 radical (unpaired) electrons. The number of hydrogen-bond acceptors (Lipinski definition) is 6. The molecule has 1 aromatic carbocycles.